The average molecular weight is 218 g/mol. The number of aryl methyl sites for hydroxylation is 1. The third kappa shape index (κ3) is 2.63. The van der Waals surface area contributed by atoms with Crippen LogP contribution in [-0.4, -0.2) is 12.4 Å². The Morgan fingerprint density at radius 3 is 3.06 bits per heavy atom. The standard InChI is InChI=1S/C14H18O2/c1-2-3-13(15)6-4-11-5-7-14-12(10-11)8-9-16-14/h5,7,10H,2-4,6,8-9H2,1H3. The summed E-state index contributed by atoms with van der Waals surface area (Å²) in [6, 6.07) is 6.28. The maximum absolute atomic E-state index is 11.4. The molecule has 0 unspecified atom stereocenters. The number of ketones is 1. The van der Waals surface area contributed by atoms with Gasteiger partial charge in [-0.1, -0.05) is 19.1 Å². The molecule has 0 bridgehead atoms. The van der Waals surface area contributed by atoms with Crippen molar-refractivity contribution in [2.45, 2.75) is 39.0 Å². The van der Waals surface area contributed by atoms with Crippen LogP contribution in [0, 0.1) is 0 Å². The molecule has 16 heavy (non-hydrogen) atoms. The molecule has 2 nitrogen and oxygen atoms in total. The van der Waals surface area contributed by atoms with Gasteiger partial charge >= 0.3 is 0 Å². The van der Waals surface area contributed by atoms with Crippen LogP contribution in [0.5, 0.6) is 5.75 Å². The summed E-state index contributed by atoms with van der Waals surface area (Å²) in [4.78, 5) is 11.4. The molecular formula is C14H18O2. The van der Waals surface area contributed by atoms with Gasteiger partial charge in [0.05, 0.1) is 6.61 Å². The van der Waals surface area contributed by atoms with Crippen LogP contribution < -0.4 is 4.74 Å². The van der Waals surface area contributed by atoms with E-state index in [2.05, 4.69) is 12.1 Å². The lowest BCUT2D eigenvalue weighted by atomic mass is 10.0. The second-order valence-electron chi connectivity index (χ2n) is 4.33. The molecule has 0 N–H and O–H groups in total. The highest BCUT2D eigenvalue weighted by atomic mass is 16.5. The van der Waals surface area contributed by atoms with Gasteiger partial charge in [0, 0.05) is 19.3 Å². The number of hydrogen-bond acceptors (Lipinski definition) is 2. The summed E-state index contributed by atoms with van der Waals surface area (Å²) in [6.45, 7) is 2.85. The van der Waals surface area contributed by atoms with Crippen molar-refractivity contribution in [1.29, 1.82) is 0 Å². The average Bonchev–Trinajstić information content (AvgIpc) is 2.74. The van der Waals surface area contributed by atoms with Gasteiger partial charge in [-0.3, -0.25) is 4.79 Å². The van der Waals surface area contributed by atoms with Gasteiger partial charge in [-0.15, -0.1) is 0 Å². The first-order chi connectivity index (χ1) is 7.79. The molecule has 2 rings (SSSR count). The quantitative estimate of drug-likeness (QED) is 0.759. The van der Waals surface area contributed by atoms with Crippen molar-refractivity contribution in [3.8, 4) is 5.75 Å². The van der Waals surface area contributed by atoms with E-state index in [1.165, 1.54) is 11.1 Å². The zero-order chi connectivity index (χ0) is 11.4. The van der Waals surface area contributed by atoms with Crippen molar-refractivity contribution in [3.63, 3.8) is 0 Å². The first-order valence-electron chi connectivity index (χ1n) is 6.06. The Hall–Kier alpha value is -1.31. The summed E-state index contributed by atoms with van der Waals surface area (Å²) in [7, 11) is 0. The van der Waals surface area contributed by atoms with Gasteiger partial charge in [0.1, 0.15) is 11.5 Å². The molecule has 1 heterocycles. The number of fused-ring (bicyclic) bond motifs is 1. The lowest BCUT2D eigenvalue weighted by molar-refractivity contribution is -0.119. The maximum atomic E-state index is 11.4. The van der Waals surface area contributed by atoms with E-state index in [4.69, 9.17) is 4.74 Å². The summed E-state index contributed by atoms with van der Waals surface area (Å²) >= 11 is 0. The molecule has 0 spiro atoms. The predicted molar refractivity (Wildman–Crippen MR) is 63.9 cm³/mol. The van der Waals surface area contributed by atoms with Crippen LogP contribution in [0.15, 0.2) is 18.2 Å². The molecule has 86 valence electrons. The lowest BCUT2D eigenvalue weighted by Crippen LogP contribution is -1.99. The molecular weight excluding hydrogens is 200 g/mol. The lowest BCUT2D eigenvalue weighted by Gasteiger charge is -2.03. The van der Waals surface area contributed by atoms with Crippen LogP contribution >= 0.6 is 0 Å². The molecule has 0 aromatic heterocycles. The molecule has 0 saturated carbocycles. The maximum Gasteiger partial charge on any atom is 0.133 e. The summed E-state index contributed by atoms with van der Waals surface area (Å²) in [6.07, 6.45) is 4.22. The van der Waals surface area contributed by atoms with E-state index in [9.17, 15) is 4.79 Å². The summed E-state index contributed by atoms with van der Waals surface area (Å²) in [5, 5.41) is 0. The van der Waals surface area contributed by atoms with Gasteiger partial charge in [0.15, 0.2) is 0 Å². The Bertz CT molecular complexity index is 382. The second kappa shape index (κ2) is 5.15. The van der Waals surface area contributed by atoms with E-state index in [0.29, 0.717) is 18.6 Å². The first kappa shape index (κ1) is 11.2. The van der Waals surface area contributed by atoms with Crippen molar-refractivity contribution in [2.24, 2.45) is 0 Å². The molecule has 0 amide bonds. The number of rotatable bonds is 5. The number of benzene rings is 1. The fraction of sp³-hybridized carbons (Fsp3) is 0.500. The summed E-state index contributed by atoms with van der Waals surface area (Å²) in [5.41, 5.74) is 2.55. The van der Waals surface area contributed by atoms with Crippen molar-refractivity contribution < 1.29 is 9.53 Å². The molecule has 0 aliphatic carbocycles. The topological polar surface area (TPSA) is 26.3 Å². The number of carbonyl (C=O) groups excluding carboxylic acids is 1. The fourth-order valence-electron chi connectivity index (χ4n) is 2.08. The van der Waals surface area contributed by atoms with Crippen LogP contribution in [-0.2, 0) is 17.6 Å². The van der Waals surface area contributed by atoms with Crippen LogP contribution in [0.25, 0.3) is 0 Å². The van der Waals surface area contributed by atoms with Crippen molar-refractivity contribution in [2.75, 3.05) is 6.61 Å². The minimum Gasteiger partial charge on any atom is -0.493 e. The highest BCUT2D eigenvalue weighted by molar-refractivity contribution is 5.78. The van der Waals surface area contributed by atoms with E-state index in [1.54, 1.807) is 0 Å². The summed E-state index contributed by atoms with van der Waals surface area (Å²) < 4.78 is 5.45. The van der Waals surface area contributed by atoms with Gasteiger partial charge in [-0.25, -0.2) is 0 Å². The minimum absolute atomic E-state index is 0.374. The molecule has 0 atom stereocenters. The van der Waals surface area contributed by atoms with Gasteiger partial charge in [-0.2, -0.15) is 0 Å². The second-order valence-corrected chi connectivity index (χ2v) is 4.33. The third-order valence-electron chi connectivity index (χ3n) is 2.98. The molecule has 2 heteroatoms. The Morgan fingerprint density at radius 1 is 1.38 bits per heavy atom. The van der Waals surface area contributed by atoms with Crippen LogP contribution in [0.2, 0.25) is 0 Å². The van der Waals surface area contributed by atoms with E-state index < -0.39 is 0 Å². The Morgan fingerprint density at radius 2 is 2.25 bits per heavy atom. The summed E-state index contributed by atoms with van der Waals surface area (Å²) in [5.74, 6) is 1.39. The van der Waals surface area contributed by atoms with E-state index >= 15 is 0 Å². The third-order valence-corrected chi connectivity index (χ3v) is 2.98. The molecule has 0 fully saturated rings. The molecule has 0 saturated heterocycles. The van der Waals surface area contributed by atoms with Gasteiger partial charge in [0.2, 0.25) is 0 Å². The molecule has 1 aliphatic rings. The van der Waals surface area contributed by atoms with Crippen molar-refractivity contribution >= 4 is 5.78 Å². The van der Waals surface area contributed by atoms with Crippen LogP contribution in [0.1, 0.15) is 37.3 Å². The van der Waals surface area contributed by atoms with Gasteiger partial charge in [-0.05, 0) is 30.0 Å². The Kier molecular flexibility index (Phi) is 3.60. The Balaban J connectivity index is 1.93. The number of Topliss-reactive ketones (excluding diaryl/α,β-unsaturated/α-hetero) is 1. The first-order valence-corrected chi connectivity index (χ1v) is 6.06. The van der Waals surface area contributed by atoms with Crippen LogP contribution in [0.4, 0.5) is 0 Å². The van der Waals surface area contributed by atoms with Crippen molar-refractivity contribution in [1.82, 2.24) is 0 Å². The number of hydrogen-bond donors (Lipinski definition) is 0. The monoisotopic (exact) mass is 218 g/mol. The van der Waals surface area contributed by atoms with E-state index in [-0.39, 0.29) is 0 Å². The molecule has 1 aliphatic heterocycles. The van der Waals surface area contributed by atoms with Crippen molar-refractivity contribution in [3.05, 3.63) is 29.3 Å². The fourth-order valence-corrected chi connectivity index (χ4v) is 2.08. The predicted octanol–water partition coefficient (Wildman–Crippen LogP) is 2.92. The van der Waals surface area contributed by atoms with E-state index in [1.807, 2.05) is 13.0 Å². The number of carbonyl (C=O) groups is 1. The van der Waals surface area contributed by atoms with Crippen LogP contribution in [0.3, 0.4) is 0 Å². The zero-order valence-corrected chi connectivity index (χ0v) is 9.79. The normalized spacial score (nSPS) is 13.3. The smallest absolute Gasteiger partial charge is 0.133 e. The molecule has 0 radical (unpaired) electrons. The number of ether oxygens (including phenoxy) is 1. The van der Waals surface area contributed by atoms with E-state index in [0.717, 1.165) is 31.6 Å². The Labute approximate surface area is 96.6 Å². The zero-order valence-electron chi connectivity index (χ0n) is 9.79. The molecule has 1 aromatic carbocycles. The minimum atomic E-state index is 0.374. The van der Waals surface area contributed by atoms with Gasteiger partial charge < -0.3 is 4.74 Å². The SMILES string of the molecule is CCCC(=O)CCc1ccc2c(c1)CCO2. The highest BCUT2D eigenvalue weighted by Gasteiger charge is 2.12. The highest BCUT2D eigenvalue weighted by Crippen LogP contribution is 2.26. The molecule has 1 aromatic rings. The van der Waals surface area contributed by atoms with Gasteiger partial charge in [0.25, 0.3) is 0 Å². The largest absolute Gasteiger partial charge is 0.493 e.